The quantitative estimate of drug-likeness (QED) is 0.679. The van der Waals surface area contributed by atoms with Gasteiger partial charge < -0.3 is 4.74 Å². The Morgan fingerprint density at radius 3 is 2.76 bits per heavy atom. The summed E-state index contributed by atoms with van der Waals surface area (Å²) in [4.78, 5) is 0. The van der Waals surface area contributed by atoms with Crippen LogP contribution in [0.2, 0.25) is 5.02 Å². The van der Waals surface area contributed by atoms with Gasteiger partial charge in [0, 0.05) is 16.5 Å². The number of benzene rings is 1. The second-order valence-electron chi connectivity index (χ2n) is 4.89. The lowest BCUT2D eigenvalue weighted by Gasteiger charge is -2.23. The fraction of sp³-hybridized carbons (Fsp3) is 0.462. The summed E-state index contributed by atoms with van der Waals surface area (Å²) in [6.07, 6.45) is -0.710. The summed E-state index contributed by atoms with van der Waals surface area (Å²) in [5.74, 6) is 0. The third-order valence-corrected chi connectivity index (χ3v) is 4.96. The van der Waals surface area contributed by atoms with Crippen molar-refractivity contribution in [1.29, 1.82) is 0 Å². The van der Waals surface area contributed by atoms with E-state index in [1.54, 1.807) is 0 Å². The summed E-state index contributed by atoms with van der Waals surface area (Å²) in [6.45, 7) is 0.586. The fourth-order valence-corrected chi connectivity index (χ4v) is 3.27. The lowest BCUT2D eigenvalue weighted by Crippen LogP contribution is -2.19. The van der Waals surface area contributed by atoms with Gasteiger partial charge >= 0.3 is 6.18 Å². The van der Waals surface area contributed by atoms with Gasteiger partial charge in [0.15, 0.2) is 6.23 Å². The molecule has 114 valence electrons. The maximum Gasteiger partial charge on any atom is 0.417 e. The summed E-state index contributed by atoms with van der Waals surface area (Å²) < 4.78 is 46.2. The Hall–Kier alpha value is -0.790. The van der Waals surface area contributed by atoms with Gasteiger partial charge in [0.2, 0.25) is 0 Å². The molecule has 0 amide bonds. The molecule has 0 saturated carbocycles. The molecule has 1 atom stereocenters. The van der Waals surface area contributed by atoms with E-state index in [2.05, 4.69) is 21.0 Å². The van der Waals surface area contributed by atoms with E-state index in [4.69, 9.17) is 16.3 Å². The zero-order valence-electron chi connectivity index (χ0n) is 10.8. The van der Waals surface area contributed by atoms with Crippen LogP contribution in [0, 0.1) is 0 Å². The van der Waals surface area contributed by atoms with Crippen LogP contribution in [0.4, 0.5) is 13.2 Å². The van der Waals surface area contributed by atoms with Crippen molar-refractivity contribution < 1.29 is 17.9 Å². The first kappa shape index (κ1) is 15.1. The molecule has 1 aromatic carbocycles. The van der Waals surface area contributed by atoms with Crippen LogP contribution in [-0.2, 0) is 10.9 Å². The smallest absolute Gasteiger partial charge is 0.356 e. The van der Waals surface area contributed by atoms with E-state index >= 15 is 0 Å². The van der Waals surface area contributed by atoms with Gasteiger partial charge in [-0.2, -0.15) is 18.3 Å². The topological polar surface area (TPSA) is 27.1 Å². The molecule has 21 heavy (non-hydrogen) atoms. The lowest BCUT2D eigenvalue weighted by molar-refractivity contribution is -0.138. The highest BCUT2D eigenvalue weighted by molar-refractivity contribution is 9.10. The van der Waals surface area contributed by atoms with E-state index < -0.39 is 11.7 Å². The molecule has 3 nitrogen and oxygen atoms in total. The van der Waals surface area contributed by atoms with Gasteiger partial charge in [0.05, 0.1) is 22.3 Å². The molecule has 1 aliphatic rings. The number of hydrogen-bond donors (Lipinski definition) is 0. The van der Waals surface area contributed by atoms with Crippen molar-refractivity contribution in [2.24, 2.45) is 0 Å². The van der Waals surface area contributed by atoms with E-state index in [1.165, 1.54) is 10.9 Å². The molecular formula is C13H11BrClF3N2O. The Kier molecular flexibility index (Phi) is 3.92. The molecule has 2 aromatic rings. The maximum absolute atomic E-state index is 13.1. The van der Waals surface area contributed by atoms with Crippen LogP contribution in [0.25, 0.3) is 10.9 Å². The second kappa shape index (κ2) is 5.44. The minimum absolute atomic E-state index is 0.0156. The van der Waals surface area contributed by atoms with Crippen LogP contribution in [0.15, 0.2) is 16.7 Å². The lowest BCUT2D eigenvalue weighted by atomic mass is 10.1. The van der Waals surface area contributed by atoms with Gasteiger partial charge in [-0.25, -0.2) is 4.68 Å². The number of hydrogen-bond acceptors (Lipinski definition) is 2. The number of nitrogens with zero attached hydrogens (tertiary/aromatic N) is 2. The Morgan fingerprint density at radius 1 is 1.38 bits per heavy atom. The van der Waals surface area contributed by atoms with Crippen LogP contribution >= 0.6 is 27.5 Å². The zero-order valence-corrected chi connectivity index (χ0v) is 13.1. The number of ether oxygens (including phenoxy) is 1. The molecule has 0 bridgehead atoms. The molecule has 8 heteroatoms. The Balaban J connectivity index is 2.18. The summed E-state index contributed by atoms with van der Waals surface area (Å²) in [7, 11) is 0. The number of halogens is 5. The van der Waals surface area contributed by atoms with Gasteiger partial charge in [-0.1, -0.05) is 11.6 Å². The second-order valence-corrected chi connectivity index (χ2v) is 6.06. The van der Waals surface area contributed by atoms with Crippen molar-refractivity contribution in [1.82, 2.24) is 9.78 Å². The monoisotopic (exact) mass is 382 g/mol. The number of alkyl halides is 3. The van der Waals surface area contributed by atoms with E-state index in [0.29, 0.717) is 17.5 Å². The van der Waals surface area contributed by atoms with Crippen molar-refractivity contribution in [3.63, 3.8) is 0 Å². The largest absolute Gasteiger partial charge is 0.417 e. The summed E-state index contributed by atoms with van der Waals surface area (Å²) >= 11 is 8.97. The highest BCUT2D eigenvalue weighted by Crippen LogP contribution is 2.43. The van der Waals surface area contributed by atoms with Crippen LogP contribution in [0.3, 0.4) is 0 Å². The zero-order chi connectivity index (χ0) is 15.2. The minimum Gasteiger partial charge on any atom is -0.356 e. The fourth-order valence-electron chi connectivity index (χ4n) is 2.47. The molecule has 0 N–H and O–H groups in total. The molecule has 3 rings (SSSR count). The molecule has 1 unspecified atom stereocenters. The molecule has 1 saturated heterocycles. The summed E-state index contributed by atoms with van der Waals surface area (Å²) in [5.41, 5.74) is -0.472. The van der Waals surface area contributed by atoms with E-state index in [-0.39, 0.29) is 15.7 Å². The summed E-state index contributed by atoms with van der Waals surface area (Å²) in [6, 6.07) is 1.07. The van der Waals surface area contributed by atoms with E-state index in [1.807, 2.05) is 0 Å². The maximum atomic E-state index is 13.1. The van der Waals surface area contributed by atoms with Gasteiger partial charge in [0.25, 0.3) is 0 Å². The molecule has 2 heterocycles. The molecule has 0 spiro atoms. The highest BCUT2D eigenvalue weighted by atomic mass is 79.9. The third-order valence-electron chi connectivity index (χ3n) is 3.51. The highest BCUT2D eigenvalue weighted by Gasteiger charge is 2.35. The first-order chi connectivity index (χ1) is 9.89. The van der Waals surface area contributed by atoms with Crippen molar-refractivity contribution in [3.8, 4) is 0 Å². The summed E-state index contributed by atoms with van der Waals surface area (Å²) in [5, 5.41) is 4.66. The molecule has 0 aliphatic carbocycles. The van der Waals surface area contributed by atoms with Gasteiger partial charge in [-0.3, -0.25) is 0 Å². The molecular weight excluding hydrogens is 373 g/mol. The van der Waals surface area contributed by atoms with Crippen LogP contribution in [-0.4, -0.2) is 16.4 Å². The normalized spacial score (nSPS) is 20.1. The molecule has 1 fully saturated rings. The third kappa shape index (κ3) is 2.66. The van der Waals surface area contributed by atoms with Gasteiger partial charge in [-0.15, -0.1) is 0 Å². The Labute approximate surface area is 132 Å². The number of rotatable bonds is 1. The Morgan fingerprint density at radius 2 is 2.14 bits per heavy atom. The SMILES string of the molecule is FC(F)(F)c1cc2c(cnn2C2CCCCO2)c(Cl)c1Br. The van der Waals surface area contributed by atoms with Gasteiger partial charge in [0.1, 0.15) is 0 Å². The average Bonchev–Trinajstić information content (AvgIpc) is 2.86. The van der Waals surface area contributed by atoms with Crippen molar-refractivity contribution in [2.75, 3.05) is 6.61 Å². The number of fused-ring (bicyclic) bond motifs is 1. The van der Waals surface area contributed by atoms with Gasteiger partial charge in [-0.05, 0) is 41.3 Å². The predicted octanol–water partition coefficient (Wildman–Crippen LogP) is 5.17. The molecule has 1 aromatic heterocycles. The van der Waals surface area contributed by atoms with E-state index in [9.17, 15) is 13.2 Å². The van der Waals surface area contributed by atoms with Crippen molar-refractivity contribution in [3.05, 3.63) is 27.3 Å². The average molecular weight is 384 g/mol. The Bertz CT molecular complexity index is 680. The first-order valence-corrected chi connectivity index (χ1v) is 7.60. The van der Waals surface area contributed by atoms with Crippen LogP contribution in [0.5, 0.6) is 0 Å². The van der Waals surface area contributed by atoms with E-state index in [0.717, 1.165) is 25.3 Å². The predicted molar refractivity (Wildman–Crippen MR) is 76.3 cm³/mol. The first-order valence-electron chi connectivity index (χ1n) is 6.43. The van der Waals surface area contributed by atoms with Crippen LogP contribution in [0.1, 0.15) is 31.1 Å². The molecule has 1 aliphatic heterocycles. The minimum atomic E-state index is -4.49. The molecule has 0 radical (unpaired) electrons. The van der Waals surface area contributed by atoms with Crippen molar-refractivity contribution in [2.45, 2.75) is 31.7 Å². The van der Waals surface area contributed by atoms with Crippen molar-refractivity contribution >= 4 is 38.4 Å². The standard InChI is InChI=1S/C13H11BrClF3N2O/c14-11-8(13(16,17)18)5-9-7(12(11)15)6-19-20(9)10-3-1-2-4-21-10/h5-6,10H,1-4H2. The van der Waals surface area contributed by atoms with Crippen LogP contribution < -0.4 is 0 Å². The number of aromatic nitrogens is 2.